The van der Waals surface area contributed by atoms with Gasteiger partial charge in [-0.2, -0.15) is 0 Å². The molecule has 1 aliphatic heterocycles. The second kappa shape index (κ2) is 3.14. The first-order chi connectivity index (χ1) is 6.24. The van der Waals surface area contributed by atoms with Gasteiger partial charge in [0.2, 0.25) is 0 Å². The first-order valence-electron chi connectivity index (χ1n) is 4.75. The van der Waals surface area contributed by atoms with Crippen LogP contribution in [0.3, 0.4) is 0 Å². The summed E-state index contributed by atoms with van der Waals surface area (Å²) in [5.41, 5.74) is 1.29. The van der Waals surface area contributed by atoms with E-state index in [9.17, 15) is 0 Å². The highest BCUT2D eigenvalue weighted by Gasteiger charge is 2.46. The molecular weight excluding hydrogens is 166 g/mol. The summed E-state index contributed by atoms with van der Waals surface area (Å²) in [5.74, 6) is 0.656. The third-order valence-electron chi connectivity index (χ3n) is 3.13. The third-order valence-corrected chi connectivity index (χ3v) is 3.13. The smallest absolute Gasteiger partial charge is 0.0919 e. The van der Waals surface area contributed by atoms with Crippen molar-refractivity contribution < 1.29 is 9.94 Å². The molecule has 72 valence electrons. The van der Waals surface area contributed by atoms with E-state index in [1.165, 1.54) is 6.21 Å². The molecule has 0 aromatic heterocycles. The lowest BCUT2D eigenvalue weighted by Crippen LogP contribution is -2.22. The fraction of sp³-hybridized carbons (Fsp3) is 0.700. The van der Waals surface area contributed by atoms with Gasteiger partial charge in [-0.25, -0.2) is 0 Å². The van der Waals surface area contributed by atoms with Gasteiger partial charge in [-0.3, -0.25) is 0 Å². The first kappa shape index (κ1) is 8.75. The Kier molecular flexibility index (Phi) is 2.12. The minimum atomic E-state index is 0.151. The molecule has 0 amide bonds. The number of epoxide rings is 1. The number of rotatable bonds is 2. The van der Waals surface area contributed by atoms with E-state index in [1.807, 2.05) is 0 Å². The molecule has 3 nitrogen and oxygen atoms in total. The highest BCUT2D eigenvalue weighted by atomic mass is 16.6. The second-order valence-corrected chi connectivity index (χ2v) is 4.10. The van der Waals surface area contributed by atoms with Gasteiger partial charge in [0.25, 0.3) is 0 Å². The molecule has 2 aliphatic rings. The summed E-state index contributed by atoms with van der Waals surface area (Å²) < 4.78 is 5.42. The maximum atomic E-state index is 8.36. The second-order valence-electron chi connectivity index (χ2n) is 4.10. The highest BCUT2D eigenvalue weighted by Crippen LogP contribution is 2.41. The highest BCUT2D eigenvalue weighted by molar-refractivity contribution is 5.78. The van der Waals surface area contributed by atoms with Crippen molar-refractivity contribution in [2.45, 2.75) is 31.8 Å². The van der Waals surface area contributed by atoms with E-state index in [0.717, 1.165) is 31.4 Å². The predicted molar refractivity (Wildman–Crippen MR) is 50.1 cm³/mol. The van der Waals surface area contributed by atoms with Crippen molar-refractivity contribution >= 4 is 6.21 Å². The normalized spacial score (nSPS) is 39.2. The van der Waals surface area contributed by atoms with Crippen LogP contribution in [0, 0.1) is 5.92 Å². The molecule has 0 aromatic carbocycles. The fourth-order valence-electron chi connectivity index (χ4n) is 1.95. The molecule has 0 bridgehead atoms. The standard InChI is InChI=1S/C10H15NO2/c1-10(7-13-10)9-4-2-8(3-5-9)6-11-12/h2,6,9,12H,3-5,7H2,1H3/b11-6+. The van der Waals surface area contributed by atoms with E-state index in [0.29, 0.717) is 5.92 Å². The molecule has 13 heavy (non-hydrogen) atoms. The van der Waals surface area contributed by atoms with Crippen LogP contribution in [0.5, 0.6) is 0 Å². The molecule has 1 aliphatic carbocycles. The number of hydrogen-bond acceptors (Lipinski definition) is 3. The van der Waals surface area contributed by atoms with Gasteiger partial charge in [0.05, 0.1) is 18.4 Å². The first-order valence-corrected chi connectivity index (χ1v) is 4.75. The van der Waals surface area contributed by atoms with E-state index >= 15 is 0 Å². The number of nitrogens with zero attached hydrogens (tertiary/aromatic N) is 1. The number of oxime groups is 1. The van der Waals surface area contributed by atoms with Crippen molar-refractivity contribution in [2.75, 3.05) is 6.61 Å². The Labute approximate surface area is 78.1 Å². The van der Waals surface area contributed by atoms with Crippen LogP contribution < -0.4 is 0 Å². The van der Waals surface area contributed by atoms with Crippen molar-refractivity contribution in [3.63, 3.8) is 0 Å². The van der Waals surface area contributed by atoms with E-state index in [2.05, 4.69) is 18.2 Å². The fourth-order valence-corrected chi connectivity index (χ4v) is 1.95. The summed E-state index contributed by atoms with van der Waals surface area (Å²) in [4.78, 5) is 0. The maximum Gasteiger partial charge on any atom is 0.0919 e. The summed E-state index contributed by atoms with van der Waals surface area (Å²) in [5, 5.41) is 11.4. The lowest BCUT2D eigenvalue weighted by molar-refractivity contribution is 0.221. The number of allylic oxidation sites excluding steroid dienone is 2. The largest absolute Gasteiger partial charge is 0.411 e. The molecule has 1 fully saturated rings. The van der Waals surface area contributed by atoms with Gasteiger partial charge in [0.1, 0.15) is 0 Å². The van der Waals surface area contributed by atoms with Crippen LogP contribution in [0.25, 0.3) is 0 Å². The zero-order valence-corrected chi connectivity index (χ0v) is 7.86. The molecule has 2 atom stereocenters. The van der Waals surface area contributed by atoms with Gasteiger partial charge in [-0.1, -0.05) is 11.2 Å². The Morgan fingerprint density at radius 2 is 2.54 bits per heavy atom. The quantitative estimate of drug-likeness (QED) is 0.306. The lowest BCUT2D eigenvalue weighted by Gasteiger charge is -2.23. The Morgan fingerprint density at radius 3 is 3.00 bits per heavy atom. The van der Waals surface area contributed by atoms with Crippen LogP contribution in [0.4, 0.5) is 0 Å². The number of ether oxygens (including phenoxy) is 1. The van der Waals surface area contributed by atoms with Gasteiger partial charge >= 0.3 is 0 Å². The predicted octanol–water partition coefficient (Wildman–Crippen LogP) is 1.96. The van der Waals surface area contributed by atoms with Crippen molar-refractivity contribution in [1.82, 2.24) is 0 Å². The third kappa shape index (κ3) is 1.75. The summed E-state index contributed by atoms with van der Waals surface area (Å²) in [6.45, 7) is 3.09. The van der Waals surface area contributed by atoms with Gasteiger partial charge < -0.3 is 9.94 Å². The van der Waals surface area contributed by atoms with Gasteiger partial charge in [0, 0.05) is 0 Å². The average Bonchev–Trinajstić information content (AvgIpc) is 2.87. The summed E-state index contributed by atoms with van der Waals surface area (Å²) in [7, 11) is 0. The van der Waals surface area contributed by atoms with E-state index < -0.39 is 0 Å². The van der Waals surface area contributed by atoms with E-state index in [-0.39, 0.29) is 5.60 Å². The zero-order valence-electron chi connectivity index (χ0n) is 7.86. The molecule has 0 radical (unpaired) electrons. The summed E-state index contributed by atoms with van der Waals surface area (Å²) in [6, 6.07) is 0. The van der Waals surface area contributed by atoms with Crippen LogP contribution in [-0.2, 0) is 4.74 Å². The van der Waals surface area contributed by atoms with Gasteiger partial charge in [-0.15, -0.1) is 0 Å². The Bertz CT molecular complexity index is 254. The summed E-state index contributed by atoms with van der Waals surface area (Å²) >= 11 is 0. The SMILES string of the molecule is CC1(C2CC=C(/C=N/O)CC2)CO1. The molecule has 3 heteroatoms. The molecule has 0 spiro atoms. The Hall–Kier alpha value is -0.830. The molecule has 1 saturated heterocycles. The monoisotopic (exact) mass is 181 g/mol. The van der Waals surface area contributed by atoms with Crippen LogP contribution in [-0.4, -0.2) is 23.6 Å². The van der Waals surface area contributed by atoms with Crippen molar-refractivity contribution in [2.24, 2.45) is 11.1 Å². The zero-order chi connectivity index (χ0) is 9.31. The molecule has 2 unspecified atom stereocenters. The van der Waals surface area contributed by atoms with Crippen LogP contribution >= 0.6 is 0 Å². The molecule has 1 heterocycles. The Morgan fingerprint density at radius 1 is 1.77 bits per heavy atom. The van der Waals surface area contributed by atoms with E-state index in [4.69, 9.17) is 9.94 Å². The molecular formula is C10H15NO2. The van der Waals surface area contributed by atoms with Gasteiger partial charge in [-0.05, 0) is 37.7 Å². The minimum absolute atomic E-state index is 0.151. The van der Waals surface area contributed by atoms with Crippen molar-refractivity contribution in [1.29, 1.82) is 0 Å². The topological polar surface area (TPSA) is 45.1 Å². The summed E-state index contributed by atoms with van der Waals surface area (Å²) in [6.07, 6.45) is 6.90. The lowest BCUT2D eigenvalue weighted by atomic mass is 9.82. The minimum Gasteiger partial charge on any atom is -0.411 e. The van der Waals surface area contributed by atoms with Crippen LogP contribution in [0.15, 0.2) is 16.8 Å². The van der Waals surface area contributed by atoms with E-state index in [1.54, 1.807) is 0 Å². The molecule has 2 rings (SSSR count). The van der Waals surface area contributed by atoms with Crippen molar-refractivity contribution in [3.05, 3.63) is 11.6 Å². The van der Waals surface area contributed by atoms with Crippen LogP contribution in [0.2, 0.25) is 0 Å². The van der Waals surface area contributed by atoms with Crippen molar-refractivity contribution in [3.8, 4) is 0 Å². The molecule has 1 N–H and O–H groups in total. The molecule has 0 aromatic rings. The van der Waals surface area contributed by atoms with Crippen LogP contribution in [0.1, 0.15) is 26.2 Å². The average molecular weight is 181 g/mol. The molecule has 0 saturated carbocycles. The Balaban J connectivity index is 1.95. The van der Waals surface area contributed by atoms with Gasteiger partial charge in [0.15, 0.2) is 0 Å². The maximum absolute atomic E-state index is 8.36. The number of hydrogen-bond donors (Lipinski definition) is 1.